The average Bonchev–Trinajstić information content (AvgIpc) is 2.46. The van der Waals surface area contributed by atoms with Crippen molar-refractivity contribution in [3.63, 3.8) is 0 Å². The van der Waals surface area contributed by atoms with Crippen molar-refractivity contribution in [3.8, 4) is 0 Å². The summed E-state index contributed by atoms with van der Waals surface area (Å²) in [6.45, 7) is 9.26. The second-order valence-electron chi connectivity index (χ2n) is 6.83. The molecule has 1 heterocycles. The Kier molecular flexibility index (Phi) is 3.54. The van der Waals surface area contributed by atoms with E-state index in [0.29, 0.717) is 12.0 Å². The molecule has 1 N–H and O–H groups in total. The van der Waals surface area contributed by atoms with Gasteiger partial charge < -0.3 is 14.4 Å². The van der Waals surface area contributed by atoms with Gasteiger partial charge in [0.25, 0.3) is 0 Å². The van der Waals surface area contributed by atoms with E-state index in [0.717, 1.165) is 0 Å². The maximum Gasteiger partial charge on any atom is 0.525 e. The number of carbonyl (C=O) groups is 1. The molecule has 112 valence electrons. The van der Waals surface area contributed by atoms with Gasteiger partial charge in [-0.05, 0) is 52.5 Å². The van der Waals surface area contributed by atoms with Gasteiger partial charge in [0.2, 0.25) is 0 Å². The highest BCUT2D eigenvalue weighted by atomic mass is 19.1. The van der Waals surface area contributed by atoms with Gasteiger partial charge >= 0.3 is 13.1 Å². The standard InChI is InChI=1S/C14H22BFO4/c1-6-14(11(17)18)7-9(8-14)10(16)15-19-12(2,3)13(4,5)20-15/h6-8H2,1-5H3,(H,17,18). The van der Waals surface area contributed by atoms with Crippen LogP contribution in [0.15, 0.2) is 11.3 Å². The molecule has 0 aromatic heterocycles. The van der Waals surface area contributed by atoms with Gasteiger partial charge in [0.1, 0.15) is 5.73 Å². The van der Waals surface area contributed by atoms with Crippen LogP contribution in [0.1, 0.15) is 53.9 Å². The van der Waals surface area contributed by atoms with Gasteiger partial charge in [0, 0.05) is 0 Å². The van der Waals surface area contributed by atoms with E-state index in [1.165, 1.54) is 0 Å². The molecule has 2 rings (SSSR count). The normalized spacial score (nSPS) is 31.1. The van der Waals surface area contributed by atoms with Crippen LogP contribution in [-0.4, -0.2) is 29.4 Å². The fraction of sp³-hybridized carbons (Fsp3) is 0.786. The summed E-state index contributed by atoms with van der Waals surface area (Å²) in [6, 6.07) is 0. The number of halogens is 1. The minimum atomic E-state index is -1.02. The Balaban J connectivity index is 2.14. The Bertz CT molecular complexity index is 446. The minimum absolute atomic E-state index is 0.245. The Labute approximate surface area is 119 Å². The molecule has 0 radical (unpaired) electrons. The largest absolute Gasteiger partial charge is 0.525 e. The van der Waals surface area contributed by atoms with Crippen molar-refractivity contribution in [1.82, 2.24) is 0 Å². The van der Waals surface area contributed by atoms with Crippen molar-refractivity contribution in [2.75, 3.05) is 0 Å². The van der Waals surface area contributed by atoms with Gasteiger partial charge in [-0.1, -0.05) is 6.92 Å². The molecule has 0 unspecified atom stereocenters. The van der Waals surface area contributed by atoms with Crippen LogP contribution in [0.5, 0.6) is 0 Å². The maximum absolute atomic E-state index is 14.4. The van der Waals surface area contributed by atoms with Crippen molar-refractivity contribution in [1.29, 1.82) is 0 Å². The summed E-state index contributed by atoms with van der Waals surface area (Å²) in [6.07, 6.45) is 0.992. The van der Waals surface area contributed by atoms with E-state index in [4.69, 9.17) is 9.31 Å². The Hall–Kier alpha value is -0.875. The van der Waals surface area contributed by atoms with Crippen LogP contribution < -0.4 is 0 Å². The molecule has 4 nitrogen and oxygen atoms in total. The lowest BCUT2D eigenvalue weighted by molar-refractivity contribution is -0.151. The zero-order chi connectivity index (χ0) is 15.3. The Morgan fingerprint density at radius 1 is 1.25 bits per heavy atom. The summed E-state index contributed by atoms with van der Waals surface area (Å²) in [5.74, 6) is -0.856. The lowest BCUT2D eigenvalue weighted by atomic mass is 9.61. The number of allylic oxidation sites excluding steroid dienone is 1. The first-order valence-electron chi connectivity index (χ1n) is 7.01. The van der Waals surface area contributed by atoms with Crippen LogP contribution in [0.25, 0.3) is 0 Å². The minimum Gasteiger partial charge on any atom is -0.481 e. The molecule has 1 aliphatic carbocycles. The van der Waals surface area contributed by atoms with Gasteiger partial charge in [0.05, 0.1) is 16.6 Å². The number of hydrogen-bond donors (Lipinski definition) is 1. The van der Waals surface area contributed by atoms with Crippen LogP contribution in [0.3, 0.4) is 0 Å². The molecule has 2 fully saturated rings. The van der Waals surface area contributed by atoms with Crippen LogP contribution in [0, 0.1) is 5.41 Å². The molecule has 0 spiro atoms. The first-order valence-corrected chi connectivity index (χ1v) is 7.01. The van der Waals surface area contributed by atoms with E-state index in [1.807, 2.05) is 34.6 Å². The van der Waals surface area contributed by atoms with Crippen molar-refractivity contribution in [3.05, 3.63) is 11.3 Å². The van der Waals surface area contributed by atoms with E-state index in [-0.39, 0.29) is 12.8 Å². The van der Waals surface area contributed by atoms with Crippen molar-refractivity contribution in [2.24, 2.45) is 5.41 Å². The monoisotopic (exact) mass is 284 g/mol. The SMILES string of the molecule is CCC1(C(=O)O)CC(=C(F)B2OC(C)(C)C(C)(C)O2)C1. The summed E-state index contributed by atoms with van der Waals surface area (Å²) in [7, 11) is -1.02. The Morgan fingerprint density at radius 2 is 1.70 bits per heavy atom. The molecule has 1 aliphatic heterocycles. The van der Waals surface area contributed by atoms with E-state index >= 15 is 0 Å². The van der Waals surface area contributed by atoms with Gasteiger partial charge in [-0.15, -0.1) is 0 Å². The molecule has 0 atom stereocenters. The highest BCUT2D eigenvalue weighted by molar-refractivity contribution is 6.54. The van der Waals surface area contributed by atoms with Crippen LogP contribution in [-0.2, 0) is 14.1 Å². The summed E-state index contributed by atoms with van der Waals surface area (Å²) < 4.78 is 25.7. The maximum atomic E-state index is 14.4. The number of hydrogen-bond acceptors (Lipinski definition) is 3. The fourth-order valence-corrected chi connectivity index (χ4v) is 2.60. The lowest BCUT2D eigenvalue weighted by Gasteiger charge is -2.39. The summed E-state index contributed by atoms with van der Waals surface area (Å²) in [4.78, 5) is 11.2. The zero-order valence-electron chi connectivity index (χ0n) is 12.7. The molecule has 0 aromatic rings. The third-order valence-electron chi connectivity index (χ3n) is 5.03. The number of rotatable bonds is 3. The van der Waals surface area contributed by atoms with E-state index in [2.05, 4.69) is 0 Å². The first kappa shape index (κ1) is 15.5. The topological polar surface area (TPSA) is 55.8 Å². The van der Waals surface area contributed by atoms with Gasteiger partial charge in [0.15, 0.2) is 0 Å². The van der Waals surface area contributed by atoms with Gasteiger partial charge in [-0.2, -0.15) is 0 Å². The van der Waals surface area contributed by atoms with Crippen molar-refractivity contribution in [2.45, 2.75) is 65.1 Å². The summed E-state index contributed by atoms with van der Waals surface area (Å²) in [5, 5.41) is 9.21. The molecule has 6 heteroatoms. The predicted molar refractivity (Wildman–Crippen MR) is 73.8 cm³/mol. The molecular weight excluding hydrogens is 262 g/mol. The van der Waals surface area contributed by atoms with E-state index < -0.39 is 35.4 Å². The van der Waals surface area contributed by atoms with Crippen LogP contribution in [0.2, 0.25) is 0 Å². The molecule has 0 aromatic carbocycles. The lowest BCUT2D eigenvalue weighted by Crippen LogP contribution is -2.41. The number of aliphatic carboxylic acids is 1. The summed E-state index contributed by atoms with van der Waals surface area (Å²) in [5.41, 5.74) is -1.93. The molecule has 2 aliphatic rings. The van der Waals surface area contributed by atoms with Crippen LogP contribution in [0.4, 0.5) is 4.39 Å². The average molecular weight is 284 g/mol. The highest BCUT2D eigenvalue weighted by Gasteiger charge is 2.56. The fourth-order valence-electron chi connectivity index (χ4n) is 2.60. The van der Waals surface area contributed by atoms with E-state index in [1.54, 1.807) is 0 Å². The molecule has 0 bridgehead atoms. The van der Waals surface area contributed by atoms with Crippen LogP contribution >= 0.6 is 0 Å². The molecule has 20 heavy (non-hydrogen) atoms. The van der Waals surface area contributed by atoms with Gasteiger partial charge in [-0.3, -0.25) is 4.79 Å². The third kappa shape index (κ3) is 2.19. The van der Waals surface area contributed by atoms with Crippen molar-refractivity contribution >= 4 is 13.1 Å². The zero-order valence-corrected chi connectivity index (χ0v) is 12.7. The highest BCUT2D eigenvalue weighted by Crippen LogP contribution is 2.51. The first-order chi connectivity index (χ1) is 9.05. The third-order valence-corrected chi connectivity index (χ3v) is 5.03. The predicted octanol–water partition coefficient (Wildman–Crippen LogP) is 3.12. The molecule has 1 saturated heterocycles. The number of carboxylic acids is 1. The van der Waals surface area contributed by atoms with Gasteiger partial charge in [-0.25, -0.2) is 4.39 Å². The smallest absolute Gasteiger partial charge is 0.481 e. The molecule has 1 saturated carbocycles. The van der Waals surface area contributed by atoms with Crippen molar-refractivity contribution < 1.29 is 23.6 Å². The second-order valence-corrected chi connectivity index (χ2v) is 6.83. The molecular formula is C14H22BFO4. The summed E-state index contributed by atoms with van der Waals surface area (Å²) >= 11 is 0. The Morgan fingerprint density at radius 3 is 2.05 bits per heavy atom. The second kappa shape index (κ2) is 4.56. The number of carboxylic acid groups (broad SMARTS) is 1. The van der Waals surface area contributed by atoms with E-state index in [9.17, 15) is 14.3 Å². The quantitative estimate of drug-likeness (QED) is 0.809. The molecule has 0 amide bonds.